The topological polar surface area (TPSA) is 98.8 Å². The molecule has 1 aliphatic heterocycles. The van der Waals surface area contributed by atoms with Crippen LogP contribution in [-0.4, -0.2) is 48.8 Å². The van der Waals surface area contributed by atoms with Crippen molar-refractivity contribution in [3.8, 4) is 0 Å². The van der Waals surface area contributed by atoms with Crippen molar-refractivity contribution >= 4 is 23.4 Å². The van der Waals surface area contributed by atoms with Crippen molar-refractivity contribution < 1.29 is 28.7 Å². The molecule has 2 fully saturated rings. The first kappa shape index (κ1) is 26.1. The summed E-state index contributed by atoms with van der Waals surface area (Å²) in [5.41, 5.74) is 0.903. The molecule has 2 aliphatic rings. The van der Waals surface area contributed by atoms with E-state index in [0.29, 0.717) is 44.8 Å². The summed E-state index contributed by atoms with van der Waals surface area (Å²) < 4.78 is 10.8. The fraction of sp³-hybridized carbons (Fsp3) is 0.630. The van der Waals surface area contributed by atoms with E-state index in [4.69, 9.17) is 9.47 Å². The lowest BCUT2D eigenvalue weighted by Gasteiger charge is -2.25. The summed E-state index contributed by atoms with van der Waals surface area (Å²) in [6, 6.07) is 8.66. The second-order valence-corrected chi connectivity index (χ2v) is 10.0. The number of hydrogen-bond acceptors (Lipinski definition) is 6. The highest BCUT2D eigenvalue weighted by Gasteiger charge is 2.34. The van der Waals surface area contributed by atoms with Gasteiger partial charge in [-0.3, -0.25) is 14.4 Å². The average Bonchev–Trinajstić information content (AvgIpc) is 3.62. The van der Waals surface area contributed by atoms with Gasteiger partial charge >= 0.3 is 6.09 Å². The van der Waals surface area contributed by atoms with Gasteiger partial charge in [0.2, 0.25) is 5.78 Å². The van der Waals surface area contributed by atoms with Gasteiger partial charge in [-0.05, 0) is 43.1 Å². The van der Waals surface area contributed by atoms with Gasteiger partial charge < -0.3 is 14.8 Å². The smallest absolute Gasteiger partial charge is 0.407 e. The molecule has 1 aliphatic carbocycles. The van der Waals surface area contributed by atoms with Crippen molar-refractivity contribution in [3.05, 3.63) is 35.9 Å². The van der Waals surface area contributed by atoms with Crippen molar-refractivity contribution in [2.75, 3.05) is 13.2 Å². The molecule has 7 nitrogen and oxygen atoms in total. The molecule has 186 valence electrons. The van der Waals surface area contributed by atoms with Crippen LogP contribution in [0.25, 0.3) is 0 Å². The second-order valence-electron chi connectivity index (χ2n) is 10.0. The number of ketones is 3. The van der Waals surface area contributed by atoms with Crippen molar-refractivity contribution in [1.82, 2.24) is 5.32 Å². The number of alkyl carbamates (subject to hydrolysis) is 1. The molecule has 1 N–H and O–H groups in total. The summed E-state index contributed by atoms with van der Waals surface area (Å²) in [6.07, 6.45) is 3.32. The lowest BCUT2D eigenvalue weighted by molar-refractivity contribution is -0.140. The van der Waals surface area contributed by atoms with Gasteiger partial charge in [-0.1, -0.05) is 44.2 Å². The fourth-order valence-electron chi connectivity index (χ4n) is 4.32. The van der Waals surface area contributed by atoms with E-state index in [2.05, 4.69) is 5.32 Å². The average molecular weight is 472 g/mol. The molecular weight excluding hydrogens is 434 g/mol. The molecule has 1 aromatic carbocycles. The van der Waals surface area contributed by atoms with E-state index in [1.807, 2.05) is 44.2 Å². The molecule has 1 amide bonds. The van der Waals surface area contributed by atoms with Gasteiger partial charge in [-0.2, -0.15) is 0 Å². The predicted octanol–water partition coefficient (Wildman–Crippen LogP) is 4.06. The Bertz CT molecular complexity index is 842. The van der Waals surface area contributed by atoms with Gasteiger partial charge in [-0.15, -0.1) is 0 Å². The Kier molecular flexibility index (Phi) is 9.81. The minimum Gasteiger partial charge on any atom is -0.446 e. The van der Waals surface area contributed by atoms with Crippen molar-refractivity contribution in [1.29, 1.82) is 0 Å². The molecule has 1 aromatic rings. The standard InChI is InChI=1S/C27H37NO6/c1-18(2)14-23(28-27(32)34-22-10-12-33-13-11-22)24(29)17-21(15-19-6-4-3-5-7-19)26(31)25(30)16-20-8-9-20/h3-7,18,20-23H,8-17H2,1-2H3,(H,28,32)/t21-,23+/m1/s1. The van der Waals surface area contributed by atoms with Crippen LogP contribution in [0.4, 0.5) is 4.79 Å². The third kappa shape index (κ3) is 8.67. The molecule has 0 unspecified atom stereocenters. The van der Waals surface area contributed by atoms with Crippen molar-refractivity contribution in [2.24, 2.45) is 17.8 Å². The van der Waals surface area contributed by atoms with Crippen LogP contribution in [0.1, 0.15) is 64.4 Å². The highest BCUT2D eigenvalue weighted by molar-refractivity contribution is 6.38. The quantitative estimate of drug-likeness (QED) is 0.436. The fourth-order valence-corrected chi connectivity index (χ4v) is 4.32. The molecule has 0 bridgehead atoms. The van der Waals surface area contributed by atoms with Gasteiger partial charge in [0.1, 0.15) is 6.10 Å². The Labute approximate surface area is 202 Å². The van der Waals surface area contributed by atoms with Crippen LogP contribution in [0, 0.1) is 17.8 Å². The van der Waals surface area contributed by atoms with Crippen LogP contribution in [0.5, 0.6) is 0 Å². The largest absolute Gasteiger partial charge is 0.446 e. The molecule has 3 rings (SSSR count). The molecule has 0 spiro atoms. The number of carbonyl (C=O) groups excluding carboxylic acids is 4. The van der Waals surface area contributed by atoms with E-state index in [9.17, 15) is 19.2 Å². The minimum atomic E-state index is -0.767. The Balaban J connectivity index is 1.67. The SMILES string of the molecule is CC(C)C[C@H](NC(=O)OC1CCOCC1)C(=O)C[C@@H](Cc1ccccc1)C(=O)C(=O)CC1CC1. The van der Waals surface area contributed by atoms with E-state index in [0.717, 1.165) is 18.4 Å². The summed E-state index contributed by atoms with van der Waals surface area (Å²) in [4.78, 5) is 51.5. The number of ether oxygens (including phenoxy) is 2. The summed E-state index contributed by atoms with van der Waals surface area (Å²) in [5, 5.41) is 2.73. The van der Waals surface area contributed by atoms with Gasteiger partial charge in [0.05, 0.1) is 19.3 Å². The zero-order chi connectivity index (χ0) is 24.5. The maximum Gasteiger partial charge on any atom is 0.407 e. The summed E-state index contributed by atoms with van der Waals surface area (Å²) >= 11 is 0. The molecule has 0 radical (unpaired) electrons. The number of carbonyl (C=O) groups is 4. The first-order valence-corrected chi connectivity index (χ1v) is 12.5. The van der Waals surface area contributed by atoms with E-state index in [1.54, 1.807) is 0 Å². The molecule has 7 heteroatoms. The summed E-state index contributed by atoms with van der Waals surface area (Å²) in [6.45, 7) is 5.03. The Morgan fingerprint density at radius 1 is 1.03 bits per heavy atom. The van der Waals surface area contributed by atoms with Crippen LogP contribution >= 0.6 is 0 Å². The van der Waals surface area contributed by atoms with E-state index in [-0.39, 0.29) is 36.4 Å². The Morgan fingerprint density at radius 2 is 1.71 bits per heavy atom. The Hall–Kier alpha value is -2.54. The van der Waals surface area contributed by atoms with Crippen molar-refractivity contribution in [3.63, 3.8) is 0 Å². The molecule has 0 aromatic heterocycles. The van der Waals surface area contributed by atoms with Gasteiger partial charge in [0, 0.05) is 31.6 Å². The molecule has 1 heterocycles. The van der Waals surface area contributed by atoms with E-state index in [1.165, 1.54) is 0 Å². The first-order chi connectivity index (χ1) is 16.3. The first-order valence-electron chi connectivity index (χ1n) is 12.5. The molecule has 1 saturated carbocycles. The lowest BCUT2D eigenvalue weighted by Crippen LogP contribution is -2.45. The third-order valence-electron chi connectivity index (χ3n) is 6.42. The number of hydrogen-bond donors (Lipinski definition) is 1. The maximum absolute atomic E-state index is 13.3. The summed E-state index contributed by atoms with van der Waals surface area (Å²) in [7, 11) is 0. The Morgan fingerprint density at radius 3 is 2.32 bits per heavy atom. The molecular formula is C27H37NO6. The van der Waals surface area contributed by atoms with Gasteiger partial charge in [0.15, 0.2) is 11.6 Å². The molecule has 1 saturated heterocycles. The highest BCUT2D eigenvalue weighted by Crippen LogP contribution is 2.33. The van der Waals surface area contributed by atoms with Gasteiger partial charge in [0.25, 0.3) is 0 Å². The van der Waals surface area contributed by atoms with E-state index >= 15 is 0 Å². The monoisotopic (exact) mass is 471 g/mol. The molecule has 2 atom stereocenters. The zero-order valence-electron chi connectivity index (χ0n) is 20.3. The van der Waals surface area contributed by atoms with E-state index < -0.39 is 23.8 Å². The number of Topliss-reactive ketones (excluding diaryl/α,β-unsaturated/α-hetero) is 3. The third-order valence-corrected chi connectivity index (χ3v) is 6.42. The minimum absolute atomic E-state index is 0.0843. The van der Waals surface area contributed by atoms with Crippen LogP contribution in [-0.2, 0) is 30.3 Å². The summed E-state index contributed by atoms with van der Waals surface area (Å²) in [5.74, 6) is -1.38. The molecule has 34 heavy (non-hydrogen) atoms. The maximum atomic E-state index is 13.3. The highest BCUT2D eigenvalue weighted by atomic mass is 16.6. The van der Waals surface area contributed by atoms with Gasteiger partial charge in [-0.25, -0.2) is 4.79 Å². The van der Waals surface area contributed by atoms with Crippen LogP contribution in [0.3, 0.4) is 0 Å². The zero-order valence-corrected chi connectivity index (χ0v) is 20.3. The van der Waals surface area contributed by atoms with Crippen LogP contribution < -0.4 is 5.32 Å². The number of benzene rings is 1. The number of amides is 1. The van der Waals surface area contributed by atoms with Crippen LogP contribution in [0.15, 0.2) is 30.3 Å². The normalized spacial score (nSPS) is 18.2. The number of rotatable bonds is 13. The lowest BCUT2D eigenvalue weighted by atomic mass is 9.85. The predicted molar refractivity (Wildman–Crippen MR) is 127 cm³/mol. The van der Waals surface area contributed by atoms with Crippen molar-refractivity contribution in [2.45, 2.75) is 77.4 Å². The van der Waals surface area contributed by atoms with Crippen LogP contribution in [0.2, 0.25) is 0 Å². The second kappa shape index (κ2) is 12.8. The number of nitrogens with one attached hydrogen (secondary N) is 1.